The van der Waals surface area contributed by atoms with Crippen molar-refractivity contribution in [2.24, 2.45) is 0 Å². The molecule has 3 nitrogen and oxygen atoms in total. The summed E-state index contributed by atoms with van der Waals surface area (Å²) in [6, 6.07) is 0. The normalized spacial score (nSPS) is 7.25. The molecule has 0 rings (SSSR count). The van der Waals surface area contributed by atoms with Crippen molar-refractivity contribution in [2.75, 3.05) is 6.26 Å². The molecule has 0 aliphatic heterocycles. The summed E-state index contributed by atoms with van der Waals surface area (Å²) >= 11 is 0. The number of rotatable bonds is 0. The second-order valence-electron chi connectivity index (χ2n) is 0.733. The van der Waals surface area contributed by atoms with E-state index in [0.29, 0.717) is 6.26 Å². The fourth-order valence-corrected chi connectivity index (χ4v) is 0. The molecule has 0 aliphatic carbocycles. The maximum atomic E-state index is 9.19. The molecule has 8 heavy (non-hydrogen) atoms. The molecule has 0 saturated carbocycles. The molecule has 0 aliphatic rings. The van der Waals surface area contributed by atoms with Gasteiger partial charge < -0.3 is 0 Å². The summed E-state index contributed by atoms with van der Waals surface area (Å²) in [5, 5.41) is 0. The van der Waals surface area contributed by atoms with Gasteiger partial charge in [0.15, 0.2) is 0 Å². The minimum absolute atomic E-state index is 0. The van der Waals surface area contributed by atoms with E-state index in [1.807, 2.05) is 0 Å². The predicted octanol–water partition coefficient (Wildman–Crippen LogP) is -0.0385. The second kappa shape index (κ2) is 6.70. The van der Waals surface area contributed by atoms with Crippen molar-refractivity contribution in [2.45, 2.75) is 0 Å². The summed E-state index contributed by atoms with van der Waals surface area (Å²) in [7, 11) is -3.67. The molecule has 0 fully saturated rings. The maximum absolute atomic E-state index is 9.19. The van der Waals surface area contributed by atoms with E-state index in [9.17, 15) is 8.42 Å². The molecule has 0 atom stereocenters. The summed E-state index contributed by atoms with van der Waals surface area (Å²) in [6.45, 7) is 0. The topological polar surface area (TPSA) is 54.4 Å². The minimum Gasteiger partial charge on any atom is -0.286 e. The van der Waals surface area contributed by atoms with Crippen LogP contribution in [0, 0.1) is 0 Å². The van der Waals surface area contributed by atoms with Gasteiger partial charge in [0.2, 0.25) is 0 Å². The van der Waals surface area contributed by atoms with Crippen LogP contribution in [0.3, 0.4) is 0 Å². The van der Waals surface area contributed by atoms with E-state index in [0.717, 1.165) is 0 Å². The second-order valence-corrected chi connectivity index (χ2v) is 2.20. The molecule has 0 aromatic carbocycles. The van der Waals surface area contributed by atoms with Crippen molar-refractivity contribution < 1.29 is 27.1 Å². The Balaban J connectivity index is -0.0000000267. The lowest BCUT2D eigenvalue weighted by Gasteiger charge is -1.69. The Morgan fingerprint density at radius 1 is 1.12 bits per heavy atom. The Morgan fingerprint density at radius 3 is 1.12 bits per heavy atom. The molecule has 0 radical (unpaired) electrons. The van der Waals surface area contributed by atoms with Gasteiger partial charge in [-0.15, -0.1) is 0 Å². The van der Waals surface area contributed by atoms with Crippen molar-refractivity contribution in [1.29, 1.82) is 0 Å². The van der Waals surface area contributed by atoms with Gasteiger partial charge in [-0.25, -0.2) is 0 Å². The van der Waals surface area contributed by atoms with E-state index < -0.39 is 10.1 Å². The number of hydrogen-bond donors (Lipinski definition) is 1. The first kappa shape index (κ1) is 25.2. The van der Waals surface area contributed by atoms with Crippen LogP contribution in [-0.4, -0.2) is 19.2 Å². The van der Waals surface area contributed by atoms with Crippen LogP contribution in [0.15, 0.2) is 0 Å². The van der Waals surface area contributed by atoms with E-state index in [4.69, 9.17) is 4.55 Å². The number of halogens is 3. The summed E-state index contributed by atoms with van der Waals surface area (Å²) in [6.07, 6.45) is 0.715. The maximum Gasteiger partial charge on any atom is 0.261 e. The molecule has 0 amide bonds. The van der Waals surface area contributed by atoms with Gasteiger partial charge >= 0.3 is 0 Å². The molecule has 0 heterocycles. The van der Waals surface area contributed by atoms with Gasteiger partial charge in [-0.1, -0.05) is 0 Å². The van der Waals surface area contributed by atoms with Gasteiger partial charge in [-0.2, -0.15) is 8.42 Å². The Morgan fingerprint density at radius 2 is 1.12 bits per heavy atom. The molecule has 0 aromatic rings. The van der Waals surface area contributed by atoms with Crippen LogP contribution in [0.2, 0.25) is 0 Å². The third-order valence-corrected chi connectivity index (χ3v) is 0. The lowest BCUT2D eigenvalue weighted by Crippen LogP contribution is -1.88. The van der Waals surface area contributed by atoms with E-state index in [1.54, 1.807) is 0 Å². The zero-order chi connectivity index (χ0) is 4.50. The van der Waals surface area contributed by atoms with Crippen molar-refractivity contribution in [1.82, 2.24) is 0 Å². The Bertz CT molecular complexity index is 97.7. The first-order valence-electron chi connectivity index (χ1n) is 0.924. The molecule has 0 saturated heterocycles. The summed E-state index contributed by atoms with van der Waals surface area (Å²) in [5.74, 6) is 0. The first-order chi connectivity index (χ1) is 2.00. The quantitative estimate of drug-likeness (QED) is 0.501. The third-order valence-electron chi connectivity index (χ3n) is 0. The van der Waals surface area contributed by atoms with Gasteiger partial charge in [0.05, 0.1) is 6.26 Å². The van der Waals surface area contributed by atoms with E-state index >= 15 is 0 Å². The van der Waals surface area contributed by atoms with E-state index in [1.165, 1.54) is 0 Å². The molecule has 56 valence electrons. The first-order valence-corrected chi connectivity index (χ1v) is 2.77. The fraction of sp³-hybridized carbons (Fsp3) is 1.00. The summed E-state index contributed by atoms with van der Waals surface area (Å²) in [5.41, 5.74) is 0. The van der Waals surface area contributed by atoms with Crippen LogP contribution in [0.1, 0.15) is 0 Å². The van der Waals surface area contributed by atoms with Crippen LogP contribution >= 0.6 is 0 Å². The fourth-order valence-electron chi connectivity index (χ4n) is 0. The van der Waals surface area contributed by atoms with Gasteiger partial charge in [0.25, 0.3) is 10.1 Å². The summed E-state index contributed by atoms with van der Waals surface area (Å²) < 4.78 is 25.9. The highest BCUT2D eigenvalue weighted by molar-refractivity contribution is 7.85. The standard InChI is InChI=1S/CH4O3S.3FH/c1-5(2,3)4;;;/h1H3,(H,2,3,4);3*1H. The SMILES string of the molecule is CS(=O)(=O)O.F.F.F. The van der Waals surface area contributed by atoms with Crippen molar-refractivity contribution in [3.05, 3.63) is 0 Å². The van der Waals surface area contributed by atoms with Crippen LogP contribution in [0.25, 0.3) is 0 Å². The summed E-state index contributed by atoms with van der Waals surface area (Å²) in [4.78, 5) is 0. The monoisotopic (exact) mass is 156 g/mol. The molecule has 1 N–H and O–H groups in total. The van der Waals surface area contributed by atoms with Gasteiger partial charge in [0, 0.05) is 0 Å². The lowest BCUT2D eigenvalue weighted by atomic mass is 12.0. The van der Waals surface area contributed by atoms with Gasteiger partial charge in [0.1, 0.15) is 0 Å². The Labute approximate surface area is 44.6 Å². The Hall–Kier alpha value is -0.300. The van der Waals surface area contributed by atoms with E-state index in [-0.39, 0.29) is 14.1 Å². The lowest BCUT2D eigenvalue weighted by molar-refractivity contribution is 0.490. The van der Waals surface area contributed by atoms with E-state index in [2.05, 4.69) is 0 Å². The Kier molecular flexibility index (Phi) is 21.1. The number of hydrogen-bond acceptors (Lipinski definition) is 2. The average Bonchev–Trinajstić information content (AvgIpc) is 0.722. The molecule has 0 unspecified atom stereocenters. The zero-order valence-electron chi connectivity index (χ0n) is 3.90. The average molecular weight is 156 g/mol. The third kappa shape index (κ3) is 1400. The minimum atomic E-state index is -3.67. The van der Waals surface area contributed by atoms with Gasteiger partial charge in [-0.05, 0) is 0 Å². The largest absolute Gasteiger partial charge is 0.286 e. The highest BCUT2D eigenvalue weighted by Gasteiger charge is 1.81. The zero-order valence-corrected chi connectivity index (χ0v) is 4.71. The van der Waals surface area contributed by atoms with Crippen LogP contribution in [0.5, 0.6) is 0 Å². The van der Waals surface area contributed by atoms with Crippen molar-refractivity contribution in [3.63, 3.8) is 0 Å². The van der Waals surface area contributed by atoms with Crippen LogP contribution in [-0.2, 0) is 10.1 Å². The smallest absolute Gasteiger partial charge is 0.261 e. The molecular weight excluding hydrogens is 149 g/mol. The van der Waals surface area contributed by atoms with Crippen LogP contribution < -0.4 is 0 Å². The molecule has 0 spiro atoms. The molecular formula is CH7F3O3S. The molecule has 0 aromatic heterocycles. The predicted molar refractivity (Wildman–Crippen MR) is 25.0 cm³/mol. The van der Waals surface area contributed by atoms with Crippen molar-refractivity contribution in [3.8, 4) is 0 Å². The molecule has 7 heteroatoms. The van der Waals surface area contributed by atoms with Crippen LogP contribution in [0.4, 0.5) is 14.1 Å². The highest BCUT2D eigenvalue weighted by atomic mass is 32.2. The highest BCUT2D eigenvalue weighted by Crippen LogP contribution is 1.60. The van der Waals surface area contributed by atoms with Crippen molar-refractivity contribution >= 4 is 10.1 Å². The molecule has 0 bridgehead atoms. The van der Waals surface area contributed by atoms with Gasteiger partial charge in [-0.3, -0.25) is 18.7 Å².